The summed E-state index contributed by atoms with van der Waals surface area (Å²) in [6.07, 6.45) is 2.38. The Morgan fingerprint density at radius 1 is 1.30 bits per heavy atom. The zero-order valence-corrected chi connectivity index (χ0v) is 14.9. The summed E-state index contributed by atoms with van der Waals surface area (Å²) >= 11 is 3.26. The Bertz CT molecular complexity index is 670. The summed E-state index contributed by atoms with van der Waals surface area (Å²) in [6.45, 7) is 5.78. The quantitative estimate of drug-likeness (QED) is 0.848. The van der Waals surface area contributed by atoms with Crippen LogP contribution in [0.15, 0.2) is 22.3 Å². The summed E-state index contributed by atoms with van der Waals surface area (Å²) in [6, 6.07) is 2.63. The SMILES string of the molecule is C[C@H](c1ccsc1)N1CCN(C(=O)c2scnc2C2CC2)CC1. The highest BCUT2D eigenvalue weighted by Crippen LogP contribution is 2.42. The first kappa shape index (κ1) is 15.3. The van der Waals surface area contributed by atoms with Gasteiger partial charge in [-0.05, 0) is 42.2 Å². The molecule has 4 nitrogen and oxygen atoms in total. The van der Waals surface area contributed by atoms with E-state index < -0.39 is 0 Å². The maximum atomic E-state index is 12.8. The fourth-order valence-corrected chi connectivity index (χ4v) is 4.83. The van der Waals surface area contributed by atoms with E-state index in [-0.39, 0.29) is 5.91 Å². The molecule has 0 spiro atoms. The molecule has 0 N–H and O–H groups in total. The Labute approximate surface area is 144 Å². The molecular formula is C17H21N3OS2. The third kappa shape index (κ3) is 3.07. The molecule has 0 radical (unpaired) electrons. The van der Waals surface area contributed by atoms with Gasteiger partial charge in [-0.3, -0.25) is 9.69 Å². The van der Waals surface area contributed by atoms with Crippen molar-refractivity contribution in [1.82, 2.24) is 14.8 Å². The van der Waals surface area contributed by atoms with Crippen molar-refractivity contribution in [3.05, 3.63) is 38.5 Å². The lowest BCUT2D eigenvalue weighted by molar-refractivity contribution is 0.0585. The maximum Gasteiger partial charge on any atom is 0.265 e. The standard InChI is InChI=1S/C17H21N3OS2/c1-12(14-4-9-22-10-14)19-5-7-20(8-6-19)17(21)16-15(13-2-3-13)18-11-23-16/h4,9-13H,2-3,5-8H2,1H3/t12-/m1/s1. The van der Waals surface area contributed by atoms with E-state index in [2.05, 4.69) is 33.6 Å². The number of thiophene rings is 1. The lowest BCUT2D eigenvalue weighted by Gasteiger charge is -2.37. The molecule has 1 aliphatic heterocycles. The number of thiazole rings is 1. The van der Waals surface area contributed by atoms with Crippen LogP contribution in [-0.4, -0.2) is 46.9 Å². The zero-order chi connectivity index (χ0) is 15.8. The van der Waals surface area contributed by atoms with Crippen LogP contribution >= 0.6 is 22.7 Å². The number of hydrogen-bond acceptors (Lipinski definition) is 5. The normalized spacial score (nSPS) is 20.7. The average Bonchev–Trinajstić information content (AvgIpc) is 3.09. The number of carbonyl (C=O) groups is 1. The van der Waals surface area contributed by atoms with Crippen LogP contribution in [0.3, 0.4) is 0 Å². The second-order valence-electron chi connectivity index (χ2n) is 6.40. The van der Waals surface area contributed by atoms with Crippen LogP contribution in [0.1, 0.15) is 52.7 Å². The van der Waals surface area contributed by atoms with Crippen molar-refractivity contribution >= 4 is 28.6 Å². The first-order valence-corrected chi connectivity index (χ1v) is 10.0. The predicted octanol–water partition coefficient (Wildman–Crippen LogP) is 3.60. The van der Waals surface area contributed by atoms with E-state index in [1.807, 2.05) is 10.4 Å². The molecule has 3 heterocycles. The molecule has 1 aliphatic carbocycles. The van der Waals surface area contributed by atoms with E-state index in [1.165, 1.54) is 29.7 Å². The van der Waals surface area contributed by atoms with Gasteiger partial charge in [0.15, 0.2) is 0 Å². The first-order valence-electron chi connectivity index (χ1n) is 8.23. The van der Waals surface area contributed by atoms with E-state index in [1.54, 1.807) is 11.3 Å². The number of rotatable bonds is 4. The van der Waals surface area contributed by atoms with Crippen molar-refractivity contribution in [1.29, 1.82) is 0 Å². The number of piperazine rings is 1. The van der Waals surface area contributed by atoms with Gasteiger partial charge in [-0.1, -0.05) is 0 Å². The van der Waals surface area contributed by atoms with Crippen LogP contribution in [0.4, 0.5) is 0 Å². The van der Waals surface area contributed by atoms with E-state index in [0.717, 1.165) is 36.8 Å². The summed E-state index contributed by atoms with van der Waals surface area (Å²) in [5.41, 5.74) is 4.26. The largest absolute Gasteiger partial charge is 0.335 e. The molecule has 2 fully saturated rings. The number of amides is 1. The molecule has 1 atom stereocenters. The smallest absolute Gasteiger partial charge is 0.265 e. The van der Waals surface area contributed by atoms with Gasteiger partial charge in [-0.25, -0.2) is 4.98 Å². The third-order valence-corrected chi connectivity index (χ3v) is 6.46. The minimum Gasteiger partial charge on any atom is -0.335 e. The fraction of sp³-hybridized carbons (Fsp3) is 0.529. The molecular weight excluding hydrogens is 326 g/mol. The van der Waals surface area contributed by atoms with E-state index >= 15 is 0 Å². The molecule has 122 valence electrons. The van der Waals surface area contributed by atoms with Crippen molar-refractivity contribution in [3.63, 3.8) is 0 Å². The fourth-order valence-electron chi connectivity index (χ4n) is 3.24. The van der Waals surface area contributed by atoms with Crippen molar-refractivity contribution in [2.75, 3.05) is 26.2 Å². The molecule has 4 rings (SSSR count). The second-order valence-corrected chi connectivity index (χ2v) is 8.04. The van der Waals surface area contributed by atoms with Crippen LogP contribution < -0.4 is 0 Å². The molecule has 2 aromatic rings. The highest BCUT2D eigenvalue weighted by Gasteiger charge is 2.33. The summed E-state index contributed by atoms with van der Waals surface area (Å²) in [7, 11) is 0. The van der Waals surface area contributed by atoms with Crippen LogP contribution in [0.2, 0.25) is 0 Å². The van der Waals surface area contributed by atoms with Gasteiger partial charge in [0, 0.05) is 38.1 Å². The lowest BCUT2D eigenvalue weighted by atomic mass is 10.1. The highest BCUT2D eigenvalue weighted by atomic mass is 32.1. The topological polar surface area (TPSA) is 36.4 Å². The van der Waals surface area contributed by atoms with Crippen LogP contribution in [-0.2, 0) is 0 Å². The molecule has 23 heavy (non-hydrogen) atoms. The Morgan fingerprint density at radius 2 is 2.09 bits per heavy atom. The number of nitrogens with zero attached hydrogens (tertiary/aromatic N) is 3. The van der Waals surface area contributed by atoms with Gasteiger partial charge >= 0.3 is 0 Å². The van der Waals surface area contributed by atoms with Gasteiger partial charge in [0.1, 0.15) is 4.88 Å². The van der Waals surface area contributed by atoms with Gasteiger partial charge in [-0.2, -0.15) is 11.3 Å². The molecule has 1 saturated carbocycles. The lowest BCUT2D eigenvalue weighted by Crippen LogP contribution is -2.49. The predicted molar refractivity (Wildman–Crippen MR) is 94.3 cm³/mol. The van der Waals surface area contributed by atoms with Crippen LogP contribution in [0.25, 0.3) is 0 Å². The molecule has 0 bridgehead atoms. The van der Waals surface area contributed by atoms with Crippen LogP contribution in [0, 0.1) is 0 Å². The van der Waals surface area contributed by atoms with E-state index in [4.69, 9.17) is 0 Å². The van der Waals surface area contributed by atoms with Gasteiger partial charge in [-0.15, -0.1) is 11.3 Å². The van der Waals surface area contributed by atoms with Crippen molar-refractivity contribution in [2.45, 2.75) is 31.7 Å². The van der Waals surface area contributed by atoms with Gasteiger partial charge < -0.3 is 4.90 Å². The molecule has 1 amide bonds. The minimum absolute atomic E-state index is 0.192. The molecule has 0 aromatic carbocycles. The summed E-state index contributed by atoms with van der Waals surface area (Å²) in [5, 5.41) is 4.36. The second kappa shape index (κ2) is 6.34. The summed E-state index contributed by atoms with van der Waals surface area (Å²) < 4.78 is 0. The van der Waals surface area contributed by atoms with Gasteiger partial charge in [0.05, 0.1) is 11.2 Å². The summed E-state index contributed by atoms with van der Waals surface area (Å²) in [5.74, 6) is 0.734. The van der Waals surface area contributed by atoms with Crippen LogP contribution in [0.5, 0.6) is 0 Å². The number of hydrogen-bond donors (Lipinski definition) is 0. The van der Waals surface area contributed by atoms with Crippen molar-refractivity contribution in [3.8, 4) is 0 Å². The summed E-state index contributed by atoms with van der Waals surface area (Å²) in [4.78, 5) is 22.6. The average molecular weight is 348 g/mol. The Hall–Kier alpha value is -1.24. The Balaban J connectivity index is 1.39. The van der Waals surface area contributed by atoms with E-state index in [9.17, 15) is 4.79 Å². The molecule has 2 aliphatic rings. The molecule has 1 saturated heterocycles. The minimum atomic E-state index is 0.192. The van der Waals surface area contributed by atoms with Crippen molar-refractivity contribution < 1.29 is 4.79 Å². The maximum absolute atomic E-state index is 12.8. The van der Waals surface area contributed by atoms with Gasteiger partial charge in [0.25, 0.3) is 5.91 Å². The van der Waals surface area contributed by atoms with Gasteiger partial charge in [0.2, 0.25) is 0 Å². The molecule has 2 aromatic heterocycles. The van der Waals surface area contributed by atoms with Crippen molar-refractivity contribution in [2.24, 2.45) is 0 Å². The Kier molecular flexibility index (Phi) is 4.22. The zero-order valence-electron chi connectivity index (χ0n) is 13.3. The number of aromatic nitrogens is 1. The molecule has 6 heteroatoms. The third-order valence-electron chi connectivity index (χ3n) is 4.93. The molecule has 0 unspecified atom stereocenters. The Morgan fingerprint density at radius 3 is 2.74 bits per heavy atom. The highest BCUT2D eigenvalue weighted by molar-refractivity contribution is 7.11. The monoisotopic (exact) mass is 347 g/mol. The number of carbonyl (C=O) groups excluding carboxylic acids is 1. The van der Waals surface area contributed by atoms with E-state index in [0.29, 0.717) is 12.0 Å². The first-order chi connectivity index (χ1) is 11.2.